The van der Waals surface area contributed by atoms with Gasteiger partial charge in [0.2, 0.25) is 0 Å². The lowest BCUT2D eigenvalue weighted by Crippen LogP contribution is -2.09. The molecule has 22 heavy (non-hydrogen) atoms. The Hall–Kier alpha value is -2.18. The predicted octanol–water partition coefficient (Wildman–Crippen LogP) is 4.48. The maximum absolute atomic E-state index is 9.37. The maximum Gasteiger partial charge on any atom is 0.137 e. The van der Waals surface area contributed by atoms with Crippen LogP contribution in [0.25, 0.3) is 0 Å². The molecule has 3 nitrogen and oxygen atoms in total. The smallest absolute Gasteiger partial charge is 0.137 e. The third kappa shape index (κ3) is 4.16. The fourth-order valence-electron chi connectivity index (χ4n) is 2.16. The summed E-state index contributed by atoms with van der Waals surface area (Å²) in [6.45, 7) is 0.456. The summed E-state index contributed by atoms with van der Waals surface area (Å²) in [6.07, 6.45) is 0.628. The molecule has 2 aromatic rings. The molecule has 0 heterocycles. The number of rotatable bonds is 6. The number of hydrogen-bond acceptors (Lipinski definition) is 3. The molecule has 0 fully saturated rings. The molecule has 0 aliphatic heterocycles. The molecule has 114 valence electrons. The molecule has 0 saturated heterocycles. The van der Waals surface area contributed by atoms with Crippen molar-refractivity contribution in [3.63, 3.8) is 0 Å². The van der Waals surface area contributed by atoms with E-state index < -0.39 is 0 Å². The highest BCUT2D eigenvalue weighted by Gasteiger charge is 2.11. The van der Waals surface area contributed by atoms with E-state index in [1.54, 1.807) is 6.07 Å². The predicted molar refractivity (Wildman–Crippen MR) is 90.7 cm³/mol. The summed E-state index contributed by atoms with van der Waals surface area (Å²) >= 11 is 6.04. The molecule has 4 heteroatoms. The summed E-state index contributed by atoms with van der Waals surface area (Å²) < 4.78 is 5.66. The van der Waals surface area contributed by atoms with E-state index in [0.29, 0.717) is 23.8 Å². The molecular weight excluding hydrogens is 296 g/mol. The summed E-state index contributed by atoms with van der Waals surface area (Å²) in [5.41, 5.74) is 2.13. The van der Waals surface area contributed by atoms with Crippen LogP contribution in [-0.4, -0.2) is 20.7 Å². The van der Waals surface area contributed by atoms with E-state index in [4.69, 9.17) is 16.3 Å². The van der Waals surface area contributed by atoms with Gasteiger partial charge in [-0.3, -0.25) is 0 Å². The molecule has 0 saturated carbocycles. The Labute approximate surface area is 136 Å². The summed E-state index contributed by atoms with van der Waals surface area (Å²) in [7, 11) is 3.99. The van der Waals surface area contributed by atoms with Gasteiger partial charge in [0.25, 0.3) is 0 Å². The Morgan fingerprint density at radius 2 is 1.82 bits per heavy atom. The van der Waals surface area contributed by atoms with Crippen LogP contribution in [0.4, 0.5) is 5.69 Å². The van der Waals surface area contributed by atoms with Gasteiger partial charge in [-0.25, -0.2) is 0 Å². The van der Waals surface area contributed by atoms with E-state index in [1.165, 1.54) is 0 Å². The first-order chi connectivity index (χ1) is 10.6. The fraction of sp³-hybridized carbons (Fsp3) is 0.278. The molecule has 0 N–H and O–H groups in total. The number of halogens is 1. The maximum atomic E-state index is 9.37. The van der Waals surface area contributed by atoms with Crippen molar-refractivity contribution in [2.45, 2.75) is 12.3 Å². The Morgan fingerprint density at radius 1 is 1.14 bits per heavy atom. The van der Waals surface area contributed by atoms with Gasteiger partial charge in [-0.15, -0.1) is 0 Å². The van der Waals surface area contributed by atoms with Crippen LogP contribution < -0.4 is 9.64 Å². The number of hydrogen-bond donors (Lipinski definition) is 0. The lowest BCUT2D eigenvalue weighted by molar-refractivity contribution is 0.306. The zero-order valence-electron chi connectivity index (χ0n) is 12.8. The second-order valence-corrected chi connectivity index (χ2v) is 5.64. The van der Waals surface area contributed by atoms with Crippen LogP contribution in [0.5, 0.6) is 5.75 Å². The molecule has 1 atom stereocenters. The number of nitrogens with zero attached hydrogens (tertiary/aromatic N) is 2. The minimum absolute atomic E-state index is 0.182. The van der Waals surface area contributed by atoms with Crippen molar-refractivity contribution in [1.82, 2.24) is 0 Å². The fourth-order valence-corrected chi connectivity index (χ4v) is 2.35. The van der Waals surface area contributed by atoms with Crippen molar-refractivity contribution in [2.24, 2.45) is 0 Å². The van der Waals surface area contributed by atoms with E-state index >= 15 is 0 Å². The van der Waals surface area contributed by atoms with Crippen LogP contribution in [0.1, 0.15) is 17.9 Å². The van der Waals surface area contributed by atoms with Gasteiger partial charge in [0.15, 0.2) is 0 Å². The van der Waals surface area contributed by atoms with Crippen LogP contribution in [0.3, 0.4) is 0 Å². The average Bonchev–Trinajstić information content (AvgIpc) is 2.53. The third-order valence-corrected chi connectivity index (χ3v) is 3.78. The lowest BCUT2D eigenvalue weighted by atomic mass is 9.97. The molecule has 0 aliphatic carbocycles. The van der Waals surface area contributed by atoms with Crippen LogP contribution in [0, 0.1) is 11.3 Å². The van der Waals surface area contributed by atoms with E-state index in [1.807, 2.05) is 61.5 Å². The lowest BCUT2D eigenvalue weighted by Gasteiger charge is -2.15. The van der Waals surface area contributed by atoms with E-state index in [2.05, 4.69) is 6.07 Å². The van der Waals surface area contributed by atoms with Crippen molar-refractivity contribution in [2.75, 3.05) is 25.6 Å². The number of nitriles is 1. The number of ether oxygens (including phenoxy) is 1. The minimum Gasteiger partial charge on any atom is -0.492 e. The summed E-state index contributed by atoms with van der Waals surface area (Å²) in [5.74, 6) is 0.475. The molecule has 0 radical (unpaired) electrons. The molecule has 0 aromatic heterocycles. The van der Waals surface area contributed by atoms with Crippen molar-refractivity contribution >= 4 is 17.3 Å². The van der Waals surface area contributed by atoms with E-state index in [-0.39, 0.29) is 5.92 Å². The van der Waals surface area contributed by atoms with Crippen LogP contribution >= 0.6 is 11.6 Å². The monoisotopic (exact) mass is 314 g/mol. The molecule has 2 aromatic carbocycles. The second kappa shape index (κ2) is 7.72. The Morgan fingerprint density at radius 3 is 2.41 bits per heavy atom. The van der Waals surface area contributed by atoms with Crippen LogP contribution in [0.15, 0.2) is 48.5 Å². The number of para-hydroxylation sites is 1. The molecule has 2 rings (SSSR count). The number of anilines is 1. The average molecular weight is 315 g/mol. The summed E-state index contributed by atoms with van der Waals surface area (Å²) in [5, 5.41) is 9.96. The quantitative estimate of drug-likeness (QED) is 0.788. The van der Waals surface area contributed by atoms with Gasteiger partial charge < -0.3 is 9.64 Å². The largest absolute Gasteiger partial charge is 0.492 e. The molecular formula is C18H19ClN2O. The zero-order chi connectivity index (χ0) is 15.9. The molecule has 0 bridgehead atoms. The molecule has 0 aliphatic rings. The van der Waals surface area contributed by atoms with Gasteiger partial charge in [0.1, 0.15) is 5.75 Å². The topological polar surface area (TPSA) is 36.3 Å². The normalized spacial score (nSPS) is 11.5. The minimum atomic E-state index is -0.182. The Kier molecular flexibility index (Phi) is 5.68. The Bertz CT molecular complexity index is 647. The van der Waals surface area contributed by atoms with Crippen molar-refractivity contribution in [3.05, 3.63) is 59.1 Å². The SMILES string of the molecule is CN(C)c1ccc(C(C#N)CCOc2ccccc2Cl)cc1. The first-order valence-corrected chi connectivity index (χ1v) is 7.54. The van der Waals surface area contributed by atoms with E-state index in [0.717, 1.165) is 11.3 Å². The first-order valence-electron chi connectivity index (χ1n) is 7.16. The van der Waals surface area contributed by atoms with Crippen molar-refractivity contribution < 1.29 is 4.74 Å². The highest BCUT2D eigenvalue weighted by molar-refractivity contribution is 6.32. The number of benzene rings is 2. The van der Waals surface area contributed by atoms with Gasteiger partial charge in [0, 0.05) is 26.2 Å². The highest BCUT2D eigenvalue weighted by Crippen LogP contribution is 2.25. The summed E-state index contributed by atoms with van der Waals surface area (Å²) in [4.78, 5) is 2.03. The first kappa shape index (κ1) is 16.2. The van der Waals surface area contributed by atoms with Gasteiger partial charge >= 0.3 is 0 Å². The van der Waals surface area contributed by atoms with Gasteiger partial charge in [-0.2, -0.15) is 5.26 Å². The highest BCUT2D eigenvalue weighted by atomic mass is 35.5. The van der Waals surface area contributed by atoms with Crippen LogP contribution in [0.2, 0.25) is 5.02 Å². The van der Waals surface area contributed by atoms with Gasteiger partial charge in [-0.05, 0) is 29.8 Å². The van der Waals surface area contributed by atoms with Gasteiger partial charge in [0.05, 0.1) is 23.6 Å². The van der Waals surface area contributed by atoms with Crippen LogP contribution in [-0.2, 0) is 0 Å². The molecule has 1 unspecified atom stereocenters. The third-order valence-electron chi connectivity index (χ3n) is 3.47. The zero-order valence-corrected chi connectivity index (χ0v) is 13.5. The molecule has 0 amide bonds. The molecule has 0 spiro atoms. The van der Waals surface area contributed by atoms with Gasteiger partial charge in [-0.1, -0.05) is 35.9 Å². The van der Waals surface area contributed by atoms with Crippen molar-refractivity contribution in [1.29, 1.82) is 5.26 Å². The van der Waals surface area contributed by atoms with E-state index in [9.17, 15) is 5.26 Å². The standard InChI is InChI=1S/C18H19ClN2O/c1-21(2)16-9-7-14(8-10-16)15(13-20)11-12-22-18-6-4-3-5-17(18)19/h3-10,15H,11-12H2,1-2H3. The van der Waals surface area contributed by atoms with Crippen molar-refractivity contribution in [3.8, 4) is 11.8 Å². The second-order valence-electron chi connectivity index (χ2n) is 5.24. The Balaban J connectivity index is 1.95. The summed E-state index contributed by atoms with van der Waals surface area (Å²) in [6, 6.07) is 17.7.